The number of hydrogen-bond acceptors (Lipinski definition) is 2. The van der Waals surface area contributed by atoms with Crippen LogP contribution in [0.25, 0.3) is 0 Å². The Morgan fingerprint density at radius 3 is 2.71 bits per heavy atom. The molecule has 0 unspecified atom stereocenters. The van der Waals surface area contributed by atoms with Crippen LogP contribution in [0.5, 0.6) is 0 Å². The molecule has 0 amide bonds. The first kappa shape index (κ1) is 12.4. The number of halogens is 1. The van der Waals surface area contributed by atoms with Crippen LogP contribution >= 0.6 is 0 Å². The fourth-order valence-electron chi connectivity index (χ4n) is 2.35. The van der Waals surface area contributed by atoms with Crippen LogP contribution in [0.1, 0.15) is 44.7 Å². The fraction of sp³-hybridized carbons (Fsp3) is 0.571. The van der Waals surface area contributed by atoms with E-state index in [2.05, 4.69) is 11.8 Å². The van der Waals surface area contributed by atoms with Crippen LogP contribution < -0.4 is 10.6 Å². The zero-order chi connectivity index (χ0) is 12.4. The van der Waals surface area contributed by atoms with E-state index >= 15 is 0 Å². The van der Waals surface area contributed by atoms with Crippen molar-refractivity contribution in [2.24, 2.45) is 5.73 Å². The first-order valence-corrected chi connectivity index (χ1v) is 6.45. The van der Waals surface area contributed by atoms with Gasteiger partial charge in [0.1, 0.15) is 5.82 Å². The normalized spacial score (nSPS) is 16.9. The van der Waals surface area contributed by atoms with E-state index in [1.165, 1.54) is 18.9 Å². The van der Waals surface area contributed by atoms with Crippen LogP contribution in [-0.4, -0.2) is 12.6 Å². The van der Waals surface area contributed by atoms with Gasteiger partial charge in [-0.05, 0) is 38.3 Å². The van der Waals surface area contributed by atoms with Crippen LogP contribution in [0, 0.1) is 5.82 Å². The van der Waals surface area contributed by atoms with Crippen molar-refractivity contribution < 1.29 is 4.39 Å². The van der Waals surface area contributed by atoms with Crippen molar-refractivity contribution in [3.8, 4) is 0 Å². The first-order chi connectivity index (χ1) is 8.15. The Labute approximate surface area is 103 Å². The van der Waals surface area contributed by atoms with E-state index in [-0.39, 0.29) is 11.9 Å². The van der Waals surface area contributed by atoms with Gasteiger partial charge in [-0.15, -0.1) is 0 Å². The third-order valence-corrected chi connectivity index (χ3v) is 3.25. The van der Waals surface area contributed by atoms with Gasteiger partial charge in [-0.1, -0.05) is 13.0 Å². The lowest BCUT2D eigenvalue weighted by Gasteiger charge is -2.28. The molecule has 0 aromatic heterocycles. The molecule has 17 heavy (non-hydrogen) atoms. The standard InChI is InChI=1S/C14H21FN2/c1-3-9-17(11-7-8-11)13-6-4-5-12(15)14(13)10(2)16/h4-6,10-11H,3,7-9,16H2,1-2H3/t10-/m0/s1. The molecular formula is C14H21FN2. The second kappa shape index (κ2) is 5.05. The summed E-state index contributed by atoms with van der Waals surface area (Å²) in [6.07, 6.45) is 3.51. The summed E-state index contributed by atoms with van der Waals surface area (Å²) in [6, 6.07) is 5.61. The molecule has 1 aliphatic rings. The summed E-state index contributed by atoms with van der Waals surface area (Å²) in [6.45, 7) is 4.98. The number of anilines is 1. The maximum Gasteiger partial charge on any atom is 0.130 e. The maximum absolute atomic E-state index is 13.9. The molecule has 2 N–H and O–H groups in total. The SMILES string of the molecule is CCCN(c1cccc(F)c1[C@H](C)N)C1CC1. The van der Waals surface area contributed by atoms with E-state index in [1.807, 2.05) is 13.0 Å². The largest absolute Gasteiger partial charge is 0.368 e. The molecule has 3 heteroatoms. The molecule has 1 aliphatic carbocycles. The molecule has 0 saturated heterocycles. The summed E-state index contributed by atoms with van der Waals surface area (Å²) in [5.41, 5.74) is 7.55. The highest BCUT2D eigenvalue weighted by Crippen LogP contribution is 2.36. The van der Waals surface area contributed by atoms with Crippen LogP contribution in [0.3, 0.4) is 0 Å². The van der Waals surface area contributed by atoms with E-state index < -0.39 is 0 Å². The molecule has 2 rings (SSSR count). The average Bonchev–Trinajstić information content (AvgIpc) is 3.08. The van der Waals surface area contributed by atoms with Gasteiger partial charge in [0.2, 0.25) is 0 Å². The average molecular weight is 236 g/mol. The smallest absolute Gasteiger partial charge is 0.130 e. The molecule has 94 valence electrons. The topological polar surface area (TPSA) is 29.3 Å². The quantitative estimate of drug-likeness (QED) is 0.850. The summed E-state index contributed by atoms with van der Waals surface area (Å²) < 4.78 is 13.9. The lowest BCUT2D eigenvalue weighted by Crippen LogP contribution is -2.29. The highest BCUT2D eigenvalue weighted by Gasteiger charge is 2.30. The number of rotatable bonds is 5. The minimum Gasteiger partial charge on any atom is -0.368 e. The van der Waals surface area contributed by atoms with E-state index in [4.69, 9.17) is 5.73 Å². The zero-order valence-electron chi connectivity index (χ0n) is 10.6. The highest BCUT2D eigenvalue weighted by molar-refractivity contribution is 5.57. The van der Waals surface area contributed by atoms with Gasteiger partial charge in [0.15, 0.2) is 0 Å². The van der Waals surface area contributed by atoms with E-state index in [0.717, 1.165) is 18.7 Å². The monoisotopic (exact) mass is 236 g/mol. The summed E-state index contributed by atoms with van der Waals surface area (Å²) >= 11 is 0. The Balaban J connectivity index is 2.37. The van der Waals surface area contributed by atoms with Crippen molar-refractivity contribution in [1.29, 1.82) is 0 Å². The van der Waals surface area contributed by atoms with Gasteiger partial charge in [-0.3, -0.25) is 0 Å². The Hall–Kier alpha value is -1.09. The van der Waals surface area contributed by atoms with Crippen molar-refractivity contribution in [1.82, 2.24) is 0 Å². The molecular weight excluding hydrogens is 215 g/mol. The van der Waals surface area contributed by atoms with Gasteiger partial charge >= 0.3 is 0 Å². The molecule has 0 radical (unpaired) electrons. The summed E-state index contributed by atoms with van der Waals surface area (Å²) in [7, 11) is 0. The Morgan fingerprint density at radius 1 is 1.47 bits per heavy atom. The Bertz CT molecular complexity index is 386. The van der Waals surface area contributed by atoms with Crippen molar-refractivity contribution in [3.63, 3.8) is 0 Å². The molecule has 1 saturated carbocycles. The van der Waals surface area contributed by atoms with Gasteiger partial charge < -0.3 is 10.6 Å². The van der Waals surface area contributed by atoms with Gasteiger partial charge in [-0.25, -0.2) is 4.39 Å². The minimum absolute atomic E-state index is 0.181. The third kappa shape index (κ3) is 2.60. The second-order valence-corrected chi connectivity index (χ2v) is 4.89. The molecule has 1 fully saturated rings. The van der Waals surface area contributed by atoms with Crippen molar-refractivity contribution in [2.45, 2.75) is 45.2 Å². The van der Waals surface area contributed by atoms with Gasteiger partial charge in [0, 0.05) is 29.9 Å². The molecule has 0 spiro atoms. The van der Waals surface area contributed by atoms with Gasteiger partial charge in [0.05, 0.1) is 0 Å². The fourth-order valence-corrected chi connectivity index (χ4v) is 2.35. The van der Waals surface area contributed by atoms with Gasteiger partial charge in [-0.2, -0.15) is 0 Å². The molecule has 2 nitrogen and oxygen atoms in total. The second-order valence-electron chi connectivity index (χ2n) is 4.89. The lowest BCUT2D eigenvalue weighted by molar-refractivity contribution is 0.590. The third-order valence-electron chi connectivity index (χ3n) is 3.25. The van der Waals surface area contributed by atoms with Crippen molar-refractivity contribution >= 4 is 5.69 Å². The van der Waals surface area contributed by atoms with Crippen LogP contribution in [-0.2, 0) is 0 Å². The molecule has 0 bridgehead atoms. The number of benzene rings is 1. The summed E-state index contributed by atoms with van der Waals surface area (Å²) in [5.74, 6) is -0.181. The Kier molecular flexibility index (Phi) is 3.67. The zero-order valence-corrected chi connectivity index (χ0v) is 10.6. The molecule has 0 heterocycles. The summed E-state index contributed by atoms with van der Waals surface area (Å²) in [5, 5.41) is 0. The predicted octanol–water partition coefficient (Wildman–Crippen LogP) is 3.22. The summed E-state index contributed by atoms with van der Waals surface area (Å²) in [4.78, 5) is 2.32. The number of nitrogens with two attached hydrogens (primary N) is 1. The first-order valence-electron chi connectivity index (χ1n) is 6.45. The van der Waals surface area contributed by atoms with E-state index in [9.17, 15) is 4.39 Å². The maximum atomic E-state index is 13.9. The minimum atomic E-state index is -0.260. The number of hydrogen-bond donors (Lipinski definition) is 1. The van der Waals surface area contributed by atoms with E-state index in [0.29, 0.717) is 11.6 Å². The molecule has 0 aliphatic heterocycles. The van der Waals surface area contributed by atoms with Crippen LogP contribution in [0.2, 0.25) is 0 Å². The van der Waals surface area contributed by atoms with E-state index in [1.54, 1.807) is 6.07 Å². The lowest BCUT2D eigenvalue weighted by atomic mass is 10.0. The number of nitrogens with zero attached hydrogens (tertiary/aromatic N) is 1. The van der Waals surface area contributed by atoms with Crippen LogP contribution in [0.15, 0.2) is 18.2 Å². The van der Waals surface area contributed by atoms with Crippen LogP contribution in [0.4, 0.5) is 10.1 Å². The predicted molar refractivity (Wildman–Crippen MR) is 69.7 cm³/mol. The molecule has 1 atom stereocenters. The highest BCUT2D eigenvalue weighted by atomic mass is 19.1. The van der Waals surface area contributed by atoms with Crippen molar-refractivity contribution in [2.75, 3.05) is 11.4 Å². The van der Waals surface area contributed by atoms with Crippen molar-refractivity contribution in [3.05, 3.63) is 29.6 Å². The molecule has 1 aromatic carbocycles. The molecule has 1 aromatic rings. The Morgan fingerprint density at radius 2 is 2.18 bits per heavy atom. The van der Waals surface area contributed by atoms with Gasteiger partial charge in [0.25, 0.3) is 0 Å².